The predicted octanol–water partition coefficient (Wildman–Crippen LogP) is 1.94. The number of nitrogens with zero attached hydrogens (tertiary/aromatic N) is 2. The fourth-order valence-electron chi connectivity index (χ4n) is 2.56. The number of hydrogen-bond donors (Lipinski definition) is 0. The summed E-state index contributed by atoms with van der Waals surface area (Å²) in [5.41, 5.74) is -0.247. The van der Waals surface area contributed by atoms with Gasteiger partial charge >= 0.3 is 0 Å². The van der Waals surface area contributed by atoms with Crippen molar-refractivity contribution < 1.29 is 13.2 Å². The molecule has 0 unspecified atom stereocenters. The van der Waals surface area contributed by atoms with Crippen LogP contribution < -0.4 is 0 Å². The molecule has 124 valence electrons. The minimum absolute atomic E-state index is 0.0431. The first-order valence-corrected chi connectivity index (χ1v) is 9.29. The molecule has 5 nitrogen and oxygen atoms in total. The molecule has 6 heteroatoms. The number of rotatable bonds is 4. The van der Waals surface area contributed by atoms with Crippen LogP contribution in [0, 0.1) is 11.3 Å². The molecule has 1 saturated heterocycles. The third kappa shape index (κ3) is 5.25. The Morgan fingerprint density at radius 2 is 1.71 bits per heavy atom. The maximum Gasteiger partial charge on any atom is 0.225 e. The van der Waals surface area contributed by atoms with E-state index in [0.29, 0.717) is 25.9 Å². The van der Waals surface area contributed by atoms with Gasteiger partial charge < -0.3 is 4.90 Å². The highest BCUT2D eigenvalue weighted by molar-refractivity contribution is 7.89. The second-order valence-corrected chi connectivity index (χ2v) is 9.50. The summed E-state index contributed by atoms with van der Waals surface area (Å²) in [6.07, 6.45) is 1.25. The van der Waals surface area contributed by atoms with E-state index in [4.69, 9.17) is 0 Å². The molecule has 0 aromatic heterocycles. The molecule has 0 aromatic rings. The first kappa shape index (κ1) is 18.4. The molecule has 0 N–H and O–H groups in total. The first-order valence-electron chi connectivity index (χ1n) is 7.68. The van der Waals surface area contributed by atoms with Crippen molar-refractivity contribution in [3.63, 3.8) is 0 Å². The lowest BCUT2D eigenvalue weighted by Crippen LogP contribution is -2.46. The molecule has 0 atom stereocenters. The summed E-state index contributed by atoms with van der Waals surface area (Å²) in [6, 6.07) is 0.181. The standard InChI is InChI=1S/C15H30N2O3S/c1-12(2)16(6)14(18)13-7-9-17(10-8-13)21(19,20)11-15(3,4)5/h12-13H,7-11H2,1-6H3. The Balaban J connectivity index is 2.62. The van der Waals surface area contributed by atoms with E-state index >= 15 is 0 Å². The second-order valence-electron chi connectivity index (χ2n) is 7.53. The molecule has 1 rings (SSSR count). The zero-order valence-electron chi connectivity index (χ0n) is 14.2. The van der Waals surface area contributed by atoms with Crippen molar-refractivity contribution in [1.82, 2.24) is 9.21 Å². The number of piperidine rings is 1. The molecule has 0 radical (unpaired) electrons. The van der Waals surface area contributed by atoms with Crippen molar-refractivity contribution >= 4 is 15.9 Å². The van der Waals surface area contributed by atoms with Crippen LogP contribution in [0.3, 0.4) is 0 Å². The van der Waals surface area contributed by atoms with Crippen molar-refractivity contribution in [2.75, 3.05) is 25.9 Å². The van der Waals surface area contributed by atoms with Gasteiger partial charge in [-0.1, -0.05) is 20.8 Å². The predicted molar refractivity (Wildman–Crippen MR) is 85.4 cm³/mol. The highest BCUT2D eigenvalue weighted by atomic mass is 32.2. The van der Waals surface area contributed by atoms with Gasteiger partial charge in [0.25, 0.3) is 0 Å². The van der Waals surface area contributed by atoms with Gasteiger partial charge in [0.1, 0.15) is 0 Å². The SMILES string of the molecule is CC(C)N(C)C(=O)C1CCN(S(=O)(=O)CC(C)(C)C)CC1. The Morgan fingerprint density at radius 3 is 2.10 bits per heavy atom. The molecule has 0 spiro atoms. The molecule has 0 saturated carbocycles. The second kappa shape index (κ2) is 6.65. The number of amides is 1. The van der Waals surface area contributed by atoms with E-state index in [1.165, 1.54) is 0 Å². The largest absolute Gasteiger partial charge is 0.343 e. The summed E-state index contributed by atoms with van der Waals surface area (Å²) in [5, 5.41) is 0. The lowest BCUT2D eigenvalue weighted by atomic mass is 9.96. The smallest absolute Gasteiger partial charge is 0.225 e. The number of carbonyl (C=O) groups excluding carboxylic acids is 1. The van der Waals surface area contributed by atoms with Crippen molar-refractivity contribution in [1.29, 1.82) is 0 Å². The summed E-state index contributed by atoms with van der Waals surface area (Å²) in [4.78, 5) is 14.0. The van der Waals surface area contributed by atoms with Gasteiger partial charge in [-0.3, -0.25) is 4.79 Å². The van der Waals surface area contributed by atoms with Crippen LogP contribution in [0.1, 0.15) is 47.5 Å². The van der Waals surface area contributed by atoms with Gasteiger partial charge in [-0.2, -0.15) is 0 Å². The van der Waals surface area contributed by atoms with E-state index in [0.717, 1.165) is 0 Å². The average Bonchev–Trinajstić information content (AvgIpc) is 2.34. The quantitative estimate of drug-likeness (QED) is 0.796. The van der Waals surface area contributed by atoms with E-state index in [9.17, 15) is 13.2 Å². The number of carbonyl (C=O) groups is 1. The molecular formula is C15H30N2O3S. The van der Waals surface area contributed by atoms with Crippen LogP contribution in [0.25, 0.3) is 0 Å². The molecule has 1 fully saturated rings. The third-order valence-corrected chi connectivity index (χ3v) is 6.32. The maximum absolute atomic E-state index is 12.4. The van der Waals surface area contributed by atoms with Crippen LogP contribution in [0.2, 0.25) is 0 Å². The van der Waals surface area contributed by atoms with Gasteiger partial charge in [0.2, 0.25) is 15.9 Å². The highest BCUT2D eigenvalue weighted by Gasteiger charge is 2.34. The fourth-order valence-corrected chi connectivity index (χ4v) is 4.61. The molecule has 0 aromatic carbocycles. The minimum atomic E-state index is -3.22. The Kier molecular flexibility index (Phi) is 5.83. The van der Waals surface area contributed by atoms with Crippen molar-refractivity contribution in [2.45, 2.75) is 53.5 Å². The van der Waals surface area contributed by atoms with Gasteiger partial charge in [-0.05, 0) is 32.1 Å². The summed E-state index contributed by atoms with van der Waals surface area (Å²) < 4.78 is 26.3. The molecule has 1 amide bonds. The van der Waals surface area contributed by atoms with Crippen LogP contribution in [-0.4, -0.2) is 55.5 Å². The number of sulfonamides is 1. The van der Waals surface area contributed by atoms with Crippen LogP contribution in [0.4, 0.5) is 0 Å². The van der Waals surface area contributed by atoms with Gasteiger partial charge in [0.15, 0.2) is 0 Å². The molecule has 0 bridgehead atoms. The van der Waals surface area contributed by atoms with Gasteiger partial charge in [-0.25, -0.2) is 12.7 Å². The topological polar surface area (TPSA) is 57.7 Å². The van der Waals surface area contributed by atoms with E-state index < -0.39 is 10.0 Å². The zero-order chi connectivity index (χ0) is 16.4. The minimum Gasteiger partial charge on any atom is -0.343 e. The monoisotopic (exact) mass is 318 g/mol. The first-order chi connectivity index (χ1) is 9.44. The maximum atomic E-state index is 12.4. The van der Waals surface area contributed by atoms with Crippen LogP contribution in [-0.2, 0) is 14.8 Å². The van der Waals surface area contributed by atoms with Crippen LogP contribution >= 0.6 is 0 Å². The van der Waals surface area contributed by atoms with Crippen molar-refractivity contribution in [2.24, 2.45) is 11.3 Å². The molecule has 1 heterocycles. The van der Waals surface area contributed by atoms with Crippen LogP contribution in [0.15, 0.2) is 0 Å². The third-order valence-electron chi connectivity index (χ3n) is 3.93. The molecule has 21 heavy (non-hydrogen) atoms. The van der Waals surface area contributed by atoms with Crippen LogP contribution in [0.5, 0.6) is 0 Å². The summed E-state index contributed by atoms with van der Waals surface area (Å²) in [6.45, 7) is 10.7. The molecule has 1 aliphatic rings. The summed E-state index contributed by atoms with van der Waals surface area (Å²) >= 11 is 0. The Hall–Kier alpha value is -0.620. The van der Waals surface area contributed by atoms with Crippen molar-refractivity contribution in [3.05, 3.63) is 0 Å². The highest BCUT2D eigenvalue weighted by Crippen LogP contribution is 2.25. The van der Waals surface area contributed by atoms with E-state index in [1.54, 1.807) is 9.21 Å². The fraction of sp³-hybridized carbons (Fsp3) is 0.933. The Labute approximate surface area is 129 Å². The molecular weight excluding hydrogens is 288 g/mol. The van der Waals surface area contributed by atoms with Gasteiger partial charge in [0, 0.05) is 32.1 Å². The molecule has 1 aliphatic heterocycles. The van der Waals surface area contributed by atoms with Gasteiger partial charge in [0.05, 0.1) is 5.75 Å². The lowest BCUT2D eigenvalue weighted by Gasteiger charge is -2.34. The van der Waals surface area contributed by atoms with Crippen molar-refractivity contribution in [3.8, 4) is 0 Å². The lowest BCUT2D eigenvalue weighted by molar-refractivity contribution is -0.136. The van der Waals surface area contributed by atoms with E-state index in [-0.39, 0.29) is 29.0 Å². The number of hydrogen-bond acceptors (Lipinski definition) is 3. The van der Waals surface area contributed by atoms with E-state index in [1.807, 2.05) is 41.7 Å². The molecule has 0 aliphatic carbocycles. The zero-order valence-corrected chi connectivity index (χ0v) is 15.0. The Bertz CT molecular complexity index is 458. The average molecular weight is 318 g/mol. The van der Waals surface area contributed by atoms with Gasteiger partial charge in [-0.15, -0.1) is 0 Å². The van der Waals surface area contributed by atoms with E-state index in [2.05, 4.69) is 0 Å². The Morgan fingerprint density at radius 1 is 1.24 bits per heavy atom. The normalized spacial score (nSPS) is 19.0. The summed E-state index contributed by atoms with van der Waals surface area (Å²) in [7, 11) is -1.40. The summed E-state index contributed by atoms with van der Waals surface area (Å²) in [5.74, 6) is 0.251.